The van der Waals surface area contributed by atoms with Gasteiger partial charge in [-0.3, -0.25) is 9.59 Å². The van der Waals surface area contributed by atoms with Gasteiger partial charge in [0.1, 0.15) is 5.75 Å². The molecule has 1 amide bonds. The molecule has 0 saturated carbocycles. The van der Waals surface area contributed by atoms with Crippen molar-refractivity contribution in [1.82, 2.24) is 4.98 Å². The first-order valence-corrected chi connectivity index (χ1v) is 11.0. The molecule has 160 valence electrons. The lowest BCUT2D eigenvalue weighted by atomic mass is 10.1. The molecule has 0 fully saturated rings. The van der Waals surface area contributed by atoms with Crippen molar-refractivity contribution in [3.63, 3.8) is 0 Å². The number of Topliss-reactive ketones (excluding diaryl/α,β-unsaturated/α-hetero) is 1. The molecule has 3 aromatic carbocycles. The number of amides is 1. The Morgan fingerprint density at radius 1 is 0.844 bits per heavy atom. The smallest absolute Gasteiger partial charge is 0.226 e. The highest BCUT2D eigenvalue weighted by atomic mass is 32.1. The van der Waals surface area contributed by atoms with E-state index in [1.54, 1.807) is 19.2 Å². The predicted octanol–water partition coefficient (Wildman–Crippen LogP) is 6.09. The van der Waals surface area contributed by atoms with Gasteiger partial charge in [-0.25, -0.2) is 4.98 Å². The maximum atomic E-state index is 12.5. The second kappa shape index (κ2) is 10.0. The fourth-order valence-corrected chi connectivity index (χ4v) is 4.29. The molecule has 0 spiro atoms. The maximum absolute atomic E-state index is 12.5. The number of thiazole rings is 1. The van der Waals surface area contributed by atoms with Gasteiger partial charge in [0.25, 0.3) is 0 Å². The number of rotatable bonds is 8. The Balaban J connectivity index is 1.53. The third-order valence-electron chi connectivity index (χ3n) is 4.95. The van der Waals surface area contributed by atoms with Gasteiger partial charge < -0.3 is 10.1 Å². The third kappa shape index (κ3) is 5.10. The molecule has 0 saturated heterocycles. The Morgan fingerprint density at radius 2 is 1.50 bits per heavy atom. The summed E-state index contributed by atoms with van der Waals surface area (Å²) in [7, 11) is 1.63. The second-order valence-corrected chi connectivity index (χ2v) is 8.13. The molecule has 6 heteroatoms. The Bertz CT molecular complexity index is 1200. The van der Waals surface area contributed by atoms with Gasteiger partial charge in [-0.05, 0) is 29.8 Å². The molecule has 1 heterocycles. The number of ketones is 1. The molecule has 4 rings (SSSR count). The number of anilines is 1. The predicted molar refractivity (Wildman–Crippen MR) is 128 cm³/mol. The minimum atomic E-state index is -0.232. The largest absolute Gasteiger partial charge is 0.497 e. The van der Waals surface area contributed by atoms with Crippen molar-refractivity contribution in [1.29, 1.82) is 0 Å². The second-order valence-electron chi connectivity index (χ2n) is 7.13. The molecule has 5 nitrogen and oxygen atoms in total. The van der Waals surface area contributed by atoms with Crippen LogP contribution in [0.2, 0.25) is 0 Å². The van der Waals surface area contributed by atoms with E-state index in [1.165, 1.54) is 11.3 Å². The number of methoxy groups -OCH3 is 1. The van der Waals surface area contributed by atoms with Crippen LogP contribution in [0, 0.1) is 0 Å². The van der Waals surface area contributed by atoms with E-state index in [0.29, 0.717) is 10.7 Å². The molecular formula is C26H22N2O3S. The first-order chi connectivity index (χ1) is 15.6. The highest BCUT2D eigenvalue weighted by Gasteiger charge is 2.17. The molecule has 0 atom stereocenters. The third-order valence-corrected chi connectivity index (χ3v) is 5.97. The van der Waals surface area contributed by atoms with Crippen molar-refractivity contribution in [2.45, 2.75) is 12.8 Å². The van der Waals surface area contributed by atoms with E-state index in [4.69, 9.17) is 9.72 Å². The summed E-state index contributed by atoms with van der Waals surface area (Å²) in [5.74, 6) is 0.490. The monoisotopic (exact) mass is 442 g/mol. The molecule has 32 heavy (non-hydrogen) atoms. The Labute approximate surface area is 190 Å². The van der Waals surface area contributed by atoms with Crippen molar-refractivity contribution in [2.24, 2.45) is 0 Å². The summed E-state index contributed by atoms with van der Waals surface area (Å²) in [6, 6.07) is 26.6. The average molecular weight is 443 g/mol. The number of aromatic nitrogens is 1. The highest BCUT2D eigenvalue weighted by Crippen LogP contribution is 2.39. The van der Waals surface area contributed by atoms with E-state index >= 15 is 0 Å². The van der Waals surface area contributed by atoms with Crippen LogP contribution in [-0.4, -0.2) is 23.8 Å². The molecule has 0 unspecified atom stereocenters. The number of benzene rings is 3. The van der Waals surface area contributed by atoms with Crippen LogP contribution in [0.1, 0.15) is 23.2 Å². The van der Waals surface area contributed by atoms with E-state index < -0.39 is 0 Å². The van der Waals surface area contributed by atoms with Gasteiger partial charge in [0.15, 0.2) is 10.9 Å². The van der Waals surface area contributed by atoms with Gasteiger partial charge in [-0.1, -0.05) is 72.0 Å². The van der Waals surface area contributed by atoms with Crippen molar-refractivity contribution in [3.05, 3.63) is 90.5 Å². The number of carbonyl (C=O) groups is 2. The molecule has 4 aromatic rings. The quantitative estimate of drug-likeness (QED) is 0.335. The van der Waals surface area contributed by atoms with Crippen LogP contribution >= 0.6 is 11.3 Å². The van der Waals surface area contributed by atoms with Crippen LogP contribution in [-0.2, 0) is 4.79 Å². The molecular weight excluding hydrogens is 420 g/mol. The topological polar surface area (TPSA) is 68.3 Å². The van der Waals surface area contributed by atoms with E-state index in [-0.39, 0.29) is 24.5 Å². The minimum absolute atomic E-state index is 0.0521. The van der Waals surface area contributed by atoms with Gasteiger partial charge in [0.05, 0.1) is 17.7 Å². The highest BCUT2D eigenvalue weighted by molar-refractivity contribution is 7.19. The van der Waals surface area contributed by atoms with Crippen LogP contribution in [0.5, 0.6) is 5.75 Å². The molecule has 0 aliphatic heterocycles. The summed E-state index contributed by atoms with van der Waals surface area (Å²) in [4.78, 5) is 30.4. The fraction of sp³-hybridized carbons (Fsp3) is 0.115. The Kier molecular flexibility index (Phi) is 6.72. The van der Waals surface area contributed by atoms with Gasteiger partial charge in [-0.15, -0.1) is 0 Å². The summed E-state index contributed by atoms with van der Waals surface area (Å²) in [6.45, 7) is 0. The van der Waals surface area contributed by atoms with Crippen molar-refractivity contribution in [2.75, 3.05) is 12.4 Å². The number of hydrogen-bond acceptors (Lipinski definition) is 5. The molecule has 0 aliphatic rings. The maximum Gasteiger partial charge on any atom is 0.226 e. The summed E-state index contributed by atoms with van der Waals surface area (Å²) < 4.78 is 5.26. The van der Waals surface area contributed by atoms with Crippen molar-refractivity contribution in [3.8, 4) is 27.4 Å². The van der Waals surface area contributed by atoms with Crippen LogP contribution in [0.25, 0.3) is 21.7 Å². The zero-order valence-corrected chi connectivity index (χ0v) is 18.4. The molecule has 1 N–H and O–H groups in total. The first-order valence-electron chi connectivity index (χ1n) is 10.2. The van der Waals surface area contributed by atoms with Gasteiger partial charge >= 0.3 is 0 Å². The SMILES string of the molecule is COc1ccc(-c2sc(NC(=O)CCC(=O)c3ccccc3)nc2-c2ccccc2)cc1. The number of hydrogen-bond donors (Lipinski definition) is 1. The fourth-order valence-electron chi connectivity index (χ4n) is 3.28. The van der Waals surface area contributed by atoms with E-state index in [9.17, 15) is 9.59 Å². The van der Waals surface area contributed by atoms with Crippen molar-refractivity contribution < 1.29 is 14.3 Å². The van der Waals surface area contributed by atoms with Gasteiger partial charge in [0, 0.05) is 24.0 Å². The van der Waals surface area contributed by atoms with Gasteiger partial charge in [-0.2, -0.15) is 0 Å². The lowest BCUT2D eigenvalue weighted by molar-refractivity contribution is -0.116. The summed E-state index contributed by atoms with van der Waals surface area (Å²) >= 11 is 1.41. The van der Waals surface area contributed by atoms with Crippen LogP contribution in [0.4, 0.5) is 5.13 Å². The lowest BCUT2D eigenvalue weighted by Crippen LogP contribution is -2.13. The number of carbonyl (C=O) groups excluding carboxylic acids is 2. The van der Waals surface area contributed by atoms with Crippen LogP contribution in [0.15, 0.2) is 84.9 Å². The number of nitrogens with zero attached hydrogens (tertiary/aromatic N) is 1. The summed E-state index contributed by atoms with van der Waals surface area (Å²) in [5, 5.41) is 3.37. The lowest BCUT2D eigenvalue weighted by Gasteiger charge is -2.04. The number of nitrogens with one attached hydrogen (secondary N) is 1. The first kappa shape index (κ1) is 21.5. The minimum Gasteiger partial charge on any atom is -0.497 e. The molecule has 0 bridgehead atoms. The Hall–Kier alpha value is -3.77. The molecule has 0 aliphatic carbocycles. The van der Waals surface area contributed by atoms with Crippen LogP contribution in [0.3, 0.4) is 0 Å². The standard InChI is InChI=1S/C26H22N2O3S/c1-31-21-14-12-20(13-15-21)25-24(19-10-6-3-7-11-19)28-26(32-25)27-23(30)17-16-22(29)18-8-4-2-5-9-18/h2-15H,16-17H2,1H3,(H,27,28,30). The van der Waals surface area contributed by atoms with E-state index in [1.807, 2.05) is 72.8 Å². The summed E-state index contributed by atoms with van der Waals surface area (Å²) in [6.07, 6.45) is 0.254. The zero-order chi connectivity index (χ0) is 22.3. The molecule has 0 radical (unpaired) electrons. The Morgan fingerprint density at radius 3 is 2.16 bits per heavy atom. The zero-order valence-electron chi connectivity index (χ0n) is 17.6. The average Bonchev–Trinajstić information content (AvgIpc) is 3.27. The van der Waals surface area contributed by atoms with Crippen molar-refractivity contribution >= 4 is 28.2 Å². The molecule has 1 aromatic heterocycles. The van der Waals surface area contributed by atoms with Gasteiger partial charge in [0.2, 0.25) is 5.91 Å². The van der Waals surface area contributed by atoms with E-state index in [0.717, 1.165) is 27.4 Å². The summed E-state index contributed by atoms with van der Waals surface area (Å²) in [5.41, 5.74) is 3.37. The van der Waals surface area contributed by atoms with Crippen LogP contribution < -0.4 is 10.1 Å². The normalized spacial score (nSPS) is 10.5. The number of ether oxygens (including phenoxy) is 1. The van der Waals surface area contributed by atoms with E-state index in [2.05, 4.69) is 5.32 Å².